The van der Waals surface area contributed by atoms with Gasteiger partial charge < -0.3 is 19.4 Å². The summed E-state index contributed by atoms with van der Waals surface area (Å²) in [5.41, 5.74) is 3.71. The zero-order valence-corrected chi connectivity index (χ0v) is 22.3. The second-order valence-corrected chi connectivity index (χ2v) is 10.9. The molecule has 0 aromatic heterocycles. The number of carbonyl (C=O) groups excluding carboxylic acids is 1. The number of hydrogen-bond acceptors (Lipinski definition) is 5. The first kappa shape index (κ1) is 24.9. The van der Waals surface area contributed by atoms with E-state index in [0.717, 1.165) is 42.9 Å². The Labute approximate surface area is 202 Å². The van der Waals surface area contributed by atoms with Crippen LogP contribution in [0, 0.1) is 11.8 Å². The van der Waals surface area contributed by atoms with Crippen molar-refractivity contribution in [2.45, 2.75) is 66.9 Å². The molecular weight excluding hydrogens is 468 g/mol. The lowest BCUT2D eigenvalue weighted by Crippen LogP contribution is -2.53. The smallest absolute Gasteiger partial charge is 0.410 e. The van der Waals surface area contributed by atoms with Crippen molar-refractivity contribution in [3.05, 3.63) is 33.7 Å². The Kier molecular flexibility index (Phi) is 7.79. The number of amidine groups is 1. The van der Waals surface area contributed by atoms with E-state index in [1.165, 1.54) is 16.8 Å². The van der Waals surface area contributed by atoms with Crippen LogP contribution in [0.4, 0.5) is 4.79 Å². The number of fused-ring (bicyclic) bond motifs is 1. The summed E-state index contributed by atoms with van der Waals surface area (Å²) in [7, 11) is 0. The molecule has 32 heavy (non-hydrogen) atoms. The van der Waals surface area contributed by atoms with E-state index >= 15 is 0 Å². The number of ether oxygens (including phenoxy) is 1. The third kappa shape index (κ3) is 5.59. The molecule has 0 spiro atoms. The second kappa shape index (κ2) is 10.0. The number of hydrogen-bond donors (Lipinski definition) is 0. The Morgan fingerprint density at radius 1 is 1.19 bits per heavy atom. The molecule has 3 rings (SSSR count). The van der Waals surface area contributed by atoms with Crippen LogP contribution >= 0.6 is 15.9 Å². The lowest BCUT2D eigenvalue weighted by molar-refractivity contribution is 0.0186. The van der Waals surface area contributed by atoms with E-state index in [1.807, 2.05) is 27.0 Å². The zero-order valence-electron chi connectivity index (χ0n) is 20.7. The van der Waals surface area contributed by atoms with E-state index in [4.69, 9.17) is 9.73 Å². The monoisotopic (exact) mass is 506 g/mol. The van der Waals surface area contributed by atoms with Gasteiger partial charge in [-0.25, -0.2) is 9.79 Å². The van der Waals surface area contributed by atoms with E-state index < -0.39 is 5.60 Å². The molecule has 1 fully saturated rings. The number of carbonyl (C=O) groups is 1. The second-order valence-electron chi connectivity index (χ2n) is 10.1. The highest BCUT2D eigenvalue weighted by molar-refractivity contribution is 9.11. The van der Waals surface area contributed by atoms with E-state index in [2.05, 4.69) is 59.5 Å². The van der Waals surface area contributed by atoms with Gasteiger partial charge in [0.15, 0.2) is 5.84 Å². The molecular formula is C25H39BrN4O2. The molecule has 2 unspecified atom stereocenters. The van der Waals surface area contributed by atoms with Crippen molar-refractivity contribution in [1.29, 1.82) is 0 Å². The largest absolute Gasteiger partial charge is 0.444 e. The fourth-order valence-corrected chi connectivity index (χ4v) is 5.02. The highest BCUT2D eigenvalue weighted by Gasteiger charge is 2.32. The molecule has 0 aromatic rings. The van der Waals surface area contributed by atoms with Gasteiger partial charge in [0.05, 0.1) is 11.9 Å². The summed E-state index contributed by atoms with van der Waals surface area (Å²) in [5, 5.41) is 0. The number of halogens is 1. The molecule has 0 N–H and O–H groups in total. The average molecular weight is 508 g/mol. The quantitative estimate of drug-likeness (QED) is 0.336. The summed E-state index contributed by atoms with van der Waals surface area (Å²) in [6.07, 6.45) is 6.24. The standard InChI is InChI=1S/C25H39BrN4O2/c1-8-20-15-21-23(28-11-13-29(14-12-28)24(31)32-25(5,6)7)27-16-22(26)30(21)10-9-17(2)18(3)19(20)4/h15-16,19-20H,8-14H2,1-7H3. The molecule has 6 nitrogen and oxygen atoms in total. The molecule has 3 aliphatic rings. The fraction of sp³-hybridized carbons (Fsp3) is 0.680. The van der Waals surface area contributed by atoms with Crippen molar-refractivity contribution < 1.29 is 9.53 Å². The number of piperazine rings is 1. The van der Waals surface area contributed by atoms with Gasteiger partial charge in [-0.3, -0.25) is 0 Å². The molecule has 3 aliphatic heterocycles. The molecule has 1 amide bonds. The minimum absolute atomic E-state index is 0.231. The number of aliphatic imine (C=N–C) groups is 1. The summed E-state index contributed by atoms with van der Waals surface area (Å²) >= 11 is 3.75. The SMILES string of the molecule is CCC1C=C2C(N3CCN(C(=O)OC(C)(C)C)CC3)=NC=C(Br)N2CCC(C)=C(C)C1C. The van der Waals surface area contributed by atoms with Crippen LogP contribution in [-0.2, 0) is 4.74 Å². The summed E-state index contributed by atoms with van der Waals surface area (Å²) in [5.74, 6) is 1.97. The van der Waals surface area contributed by atoms with Gasteiger partial charge in [0.25, 0.3) is 0 Å². The summed E-state index contributed by atoms with van der Waals surface area (Å²) < 4.78 is 6.57. The van der Waals surface area contributed by atoms with Crippen LogP contribution in [0.2, 0.25) is 0 Å². The van der Waals surface area contributed by atoms with Crippen LogP contribution < -0.4 is 0 Å². The minimum atomic E-state index is -0.475. The highest BCUT2D eigenvalue weighted by atomic mass is 79.9. The van der Waals surface area contributed by atoms with Gasteiger partial charge in [0.2, 0.25) is 0 Å². The summed E-state index contributed by atoms with van der Waals surface area (Å²) in [6, 6.07) is 0. The van der Waals surface area contributed by atoms with Crippen LogP contribution in [-0.4, -0.2) is 65.0 Å². The Morgan fingerprint density at radius 3 is 2.44 bits per heavy atom. The van der Waals surface area contributed by atoms with Gasteiger partial charge >= 0.3 is 6.09 Å². The average Bonchev–Trinajstić information content (AvgIpc) is 2.78. The maximum absolute atomic E-state index is 12.5. The van der Waals surface area contributed by atoms with Gasteiger partial charge in [-0.05, 0) is 75.2 Å². The Bertz CT molecular complexity index is 844. The van der Waals surface area contributed by atoms with Crippen LogP contribution in [0.1, 0.15) is 61.3 Å². The van der Waals surface area contributed by atoms with Gasteiger partial charge in [-0.2, -0.15) is 0 Å². The molecule has 3 heterocycles. The van der Waals surface area contributed by atoms with Crippen molar-refractivity contribution >= 4 is 27.9 Å². The van der Waals surface area contributed by atoms with Crippen molar-refractivity contribution in [3.8, 4) is 0 Å². The van der Waals surface area contributed by atoms with Crippen molar-refractivity contribution in [1.82, 2.24) is 14.7 Å². The first-order chi connectivity index (χ1) is 15.0. The minimum Gasteiger partial charge on any atom is -0.444 e. The van der Waals surface area contributed by atoms with Crippen LogP contribution in [0.25, 0.3) is 0 Å². The lowest BCUT2D eigenvalue weighted by Gasteiger charge is -2.40. The zero-order chi connectivity index (χ0) is 23.6. The van der Waals surface area contributed by atoms with Gasteiger partial charge in [0, 0.05) is 32.7 Å². The van der Waals surface area contributed by atoms with E-state index in [1.54, 1.807) is 4.90 Å². The van der Waals surface area contributed by atoms with Gasteiger partial charge in [-0.1, -0.05) is 31.1 Å². The molecule has 0 radical (unpaired) electrons. The molecule has 0 aromatic carbocycles. The van der Waals surface area contributed by atoms with Crippen LogP contribution in [0.15, 0.2) is 38.7 Å². The van der Waals surface area contributed by atoms with Crippen LogP contribution in [0.3, 0.4) is 0 Å². The van der Waals surface area contributed by atoms with Crippen molar-refractivity contribution in [2.75, 3.05) is 32.7 Å². The summed E-state index contributed by atoms with van der Waals surface area (Å²) in [6.45, 7) is 18.6. The van der Waals surface area contributed by atoms with Crippen molar-refractivity contribution in [3.63, 3.8) is 0 Å². The number of allylic oxidation sites excluding steroid dienone is 2. The van der Waals surface area contributed by atoms with E-state index in [0.29, 0.717) is 24.9 Å². The first-order valence-electron chi connectivity index (χ1n) is 11.8. The Hall–Kier alpha value is -1.76. The molecule has 7 heteroatoms. The number of amides is 1. The molecule has 2 atom stereocenters. The number of nitrogens with zero attached hydrogens (tertiary/aromatic N) is 4. The molecule has 1 saturated heterocycles. The van der Waals surface area contributed by atoms with Gasteiger partial charge in [-0.15, -0.1) is 0 Å². The molecule has 0 bridgehead atoms. The molecule has 178 valence electrons. The number of rotatable bonds is 1. The summed E-state index contributed by atoms with van der Waals surface area (Å²) in [4.78, 5) is 23.8. The molecule has 0 saturated carbocycles. The molecule has 0 aliphatic carbocycles. The van der Waals surface area contributed by atoms with E-state index in [9.17, 15) is 4.79 Å². The maximum atomic E-state index is 12.5. The third-order valence-electron chi connectivity index (χ3n) is 6.85. The van der Waals surface area contributed by atoms with Crippen molar-refractivity contribution in [2.24, 2.45) is 16.8 Å². The Balaban J connectivity index is 1.83. The fourth-order valence-electron chi connectivity index (χ4n) is 4.55. The van der Waals surface area contributed by atoms with Gasteiger partial charge in [0.1, 0.15) is 10.2 Å². The van der Waals surface area contributed by atoms with Crippen LogP contribution in [0.5, 0.6) is 0 Å². The predicted octanol–water partition coefficient (Wildman–Crippen LogP) is 5.73. The highest BCUT2D eigenvalue weighted by Crippen LogP contribution is 2.35. The normalized spacial score (nSPS) is 25.2. The topological polar surface area (TPSA) is 48.4 Å². The predicted molar refractivity (Wildman–Crippen MR) is 135 cm³/mol. The Morgan fingerprint density at radius 2 is 1.84 bits per heavy atom. The first-order valence-corrected chi connectivity index (χ1v) is 12.6. The maximum Gasteiger partial charge on any atom is 0.410 e. The third-order valence-corrected chi connectivity index (χ3v) is 7.49. The lowest BCUT2D eigenvalue weighted by atomic mass is 9.83. The van der Waals surface area contributed by atoms with E-state index in [-0.39, 0.29) is 6.09 Å².